The van der Waals surface area contributed by atoms with Gasteiger partial charge in [-0.1, -0.05) is 30.1 Å². The van der Waals surface area contributed by atoms with Crippen LogP contribution in [-0.2, 0) is 6.42 Å². The molecule has 0 saturated carbocycles. The number of rotatable bonds is 16. The summed E-state index contributed by atoms with van der Waals surface area (Å²) in [5, 5.41) is 11.1. The van der Waals surface area contributed by atoms with E-state index >= 15 is 0 Å². The molecule has 18 heteroatoms. The van der Waals surface area contributed by atoms with E-state index in [2.05, 4.69) is 103 Å². The van der Waals surface area contributed by atoms with Gasteiger partial charge in [-0.15, -0.1) is 0 Å². The van der Waals surface area contributed by atoms with E-state index in [1.165, 1.54) is 0 Å². The quantitative estimate of drug-likeness (QED) is 0.119. The largest absolute Gasteiger partial charge is 0.383 e. The Hall–Kier alpha value is -5.36. The Bertz CT molecular complexity index is 2660. The number of nitrogens with one attached hydrogen (secondary N) is 2. The Balaban J connectivity index is 0.663. The number of anilines is 6. The fraction of sp³-hybridized carbons (Fsp3) is 0.490. The molecule has 0 spiro atoms. The standard InChI is InChI=1S/C51H66Cl2N16/c1-3-62-18-30-68(31-19-62)50-58-12-8-48(60-50)66-26-20-64(21-27-66)17-14-57-45-7-11-55-47-37-43(53)39(35-42(45)47)9-15-63-24-32-69(33-25-63)51-59-38(2)34-49(61-51)67-28-22-65(23-29-67)16-13-56-44-6-10-54-46-36-40(52)4-5-41(44)46/h4-8,10-12,34-37H,3,9,13-33H2,1-2H3,(H,54,56)(H,55,57). The maximum atomic E-state index is 6.92. The molecule has 4 aromatic heterocycles. The lowest BCUT2D eigenvalue weighted by atomic mass is 10.1. The molecule has 4 saturated heterocycles. The van der Waals surface area contributed by atoms with Crippen LogP contribution < -0.4 is 30.2 Å². The zero-order valence-corrected chi connectivity index (χ0v) is 41.7. The van der Waals surface area contributed by atoms with Gasteiger partial charge in [0.05, 0.1) is 11.0 Å². The van der Waals surface area contributed by atoms with E-state index in [-0.39, 0.29) is 0 Å². The second-order valence-corrected chi connectivity index (χ2v) is 19.6. The van der Waals surface area contributed by atoms with Crippen molar-refractivity contribution in [2.75, 3.05) is 174 Å². The van der Waals surface area contributed by atoms with Crippen LogP contribution in [0.4, 0.5) is 34.9 Å². The van der Waals surface area contributed by atoms with Crippen LogP contribution in [0.2, 0.25) is 10.0 Å². The van der Waals surface area contributed by atoms with Crippen LogP contribution in [0.1, 0.15) is 18.2 Å². The fourth-order valence-corrected chi connectivity index (χ4v) is 10.6. The van der Waals surface area contributed by atoms with Gasteiger partial charge in [0.25, 0.3) is 0 Å². The third kappa shape index (κ3) is 11.6. The van der Waals surface area contributed by atoms with Crippen molar-refractivity contribution < 1.29 is 0 Å². The van der Waals surface area contributed by atoms with Gasteiger partial charge in [-0.2, -0.15) is 9.97 Å². The minimum Gasteiger partial charge on any atom is -0.383 e. The second-order valence-electron chi connectivity index (χ2n) is 18.7. The van der Waals surface area contributed by atoms with Crippen LogP contribution >= 0.6 is 23.2 Å². The minimum absolute atomic E-state index is 0.702. The van der Waals surface area contributed by atoms with Crippen molar-refractivity contribution in [1.29, 1.82) is 0 Å². The molecule has 4 fully saturated rings. The summed E-state index contributed by atoms with van der Waals surface area (Å²) in [5.74, 6) is 3.75. The number of aromatic nitrogens is 6. The molecule has 2 N–H and O–H groups in total. The van der Waals surface area contributed by atoms with Gasteiger partial charge in [0.15, 0.2) is 0 Å². The highest BCUT2D eigenvalue weighted by Gasteiger charge is 2.25. The summed E-state index contributed by atoms with van der Waals surface area (Å²) in [6.07, 6.45) is 6.51. The number of piperazine rings is 4. The van der Waals surface area contributed by atoms with Gasteiger partial charge in [0.2, 0.25) is 11.9 Å². The molecule has 0 bridgehead atoms. The molecule has 10 rings (SSSR count). The topological polar surface area (TPSA) is 127 Å². The van der Waals surface area contributed by atoms with Crippen molar-refractivity contribution in [3.8, 4) is 0 Å². The summed E-state index contributed by atoms with van der Waals surface area (Å²) in [4.78, 5) is 48.4. The van der Waals surface area contributed by atoms with E-state index in [9.17, 15) is 0 Å². The first kappa shape index (κ1) is 47.3. The molecule has 364 valence electrons. The third-order valence-electron chi connectivity index (χ3n) is 14.4. The first-order valence-electron chi connectivity index (χ1n) is 25.0. The van der Waals surface area contributed by atoms with Crippen molar-refractivity contribution in [3.63, 3.8) is 0 Å². The Morgan fingerprint density at radius 1 is 0.493 bits per heavy atom. The maximum absolute atomic E-state index is 6.92. The highest BCUT2D eigenvalue weighted by Crippen LogP contribution is 2.30. The average Bonchev–Trinajstić information content (AvgIpc) is 3.38. The van der Waals surface area contributed by atoms with Gasteiger partial charge in [-0.3, -0.25) is 24.7 Å². The van der Waals surface area contributed by atoms with E-state index in [1.807, 2.05) is 48.9 Å². The van der Waals surface area contributed by atoms with Gasteiger partial charge in [-0.25, -0.2) is 9.97 Å². The minimum atomic E-state index is 0.702. The number of likely N-dealkylation sites (N-methyl/N-ethyl adjacent to an activating group) is 1. The van der Waals surface area contributed by atoms with Crippen LogP contribution in [0.5, 0.6) is 0 Å². The number of benzene rings is 2. The SMILES string of the molecule is CCN1CCN(c2nccc(N3CCN(CCNc4ccnc5cc(Cl)c(CCN6CCN(c7nc(C)cc(N8CCN(CCNc9ccnc%10cc(Cl)ccc9%10)CC8)n7)CC6)cc45)CC3)n2)CC1. The van der Waals surface area contributed by atoms with Crippen LogP contribution in [0, 0.1) is 6.92 Å². The van der Waals surface area contributed by atoms with E-state index in [1.54, 1.807) is 0 Å². The molecule has 0 atom stereocenters. The fourth-order valence-electron chi connectivity index (χ4n) is 10.2. The lowest BCUT2D eigenvalue weighted by Crippen LogP contribution is -2.49. The molecule has 0 unspecified atom stereocenters. The zero-order chi connectivity index (χ0) is 47.1. The predicted molar refractivity (Wildman–Crippen MR) is 283 cm³/mol. The molecule has 69 heavy (non-hydrogen) atoms. The van der Waals surface area contributed by atoms with E-state index in [4.69, 9.17) is 38.2 Å². The molecule has 0 amide bonds. The molecule has 2 aromatic carbocycles. The molecular weight excluding hydrogens is 908 g/mol. The predicted octanol–water partition coefficient (Wildman–Crippen LogP) is 5.95. The Kier molecular flexibility index (Phi) is 15.2. The molecule has 4 aliphatic rings. The average molecular weight is 974 g/mol. The third-order valence-corrected chi connectivity index (χ3v) is 15.0. The first-order valence-corrected chi connectivity index (χ1v) is 25.7. The number of nitrogens with zero attached hydrogens (tertiary/aromatic N) is 14. The highest BCUT2D eigenvalue weighted by atomic mass is 35.5. The van der Waals surface area contributed by atoms with Crippen LogP contribution in [0.25, 0.3) is 21.8 Å². The van der Waals surface area contributed by atoms with Crippen LogP contribution in [-0.4, -0.2) is 193 Å². The van der Waals surface area contributed by atoms with Gasteiger partial charge >= 0.3 is 0 Å². The zero-order valence-electron chi connectivity index (χ0n) is 40.2. The Labute approximate surface area is 416 Å². The number of aryl methyl sites for hydroxylation is 1. The lowest BCUT2D eigenvalue weighted by molar-refractivity contribution is 0.259. The summed E-state index contributed by atoms with van der Waals surface area (Å²) < 4.78 is 0. The van der Waals surface area contributed by atoms with E-state index < -0.39 is 0 Å². The van der Waals surface area contributed by atoms with Crippen molar-refractivity contribution in [3.05, 3.63) is 94.5 Å². The molecule has 6 aromatic rings. The molecule has 8 heterocycles. The number of fused-ring (bicyclic) bond motifs is 2. The van der Waals surface area contributed by atoms with Crippen molar-refractivity contribution in [2.24, 2.45) is 0 Å². The van der Waals surface area contributed by atoms with Gasteiger partial charge in [0.1, 0.15) is 11.6 Å². The first-order chi connectivity index (χ1) is 33.8. The second kappa shape index (κ2) is 22.2. The van der Waals surface area contributed by atoms with Crippen molar-refractivity contribution in [1.82, 2.24) is 49.5 Å². The molecule has 16 nitrogen and oxygen atoms in total. The highest BCUT2D eigenvalue weighted by molar-refractivity contribution is 6.32. The maximum Gasteiger partial charge on any atom is 0.227 e. The van der Waals surface area contributed by atoms with Crippen LogP contribution in [0.3, 0.4) is 0 Å². The molecular formula is C51H66Cl2N16. The van der Waals surface area contributed by atoms with Gasteiger partial charge < -0.3 is 35.1 Å². The van der Waals surface area contributed by atoms with Gasteiger partial charge in [0, 0.05) is 200 Å². The number of hydrogen-bond donors (Lipinski definition) is 2. The number of hydrogen-bond acceptors (Lipinski definition) is 16. The summed E-state index contributed by atoms with van der Waals surface area (Å²) in [6, 6.07) is 18.5. The normalized spacial score (nSPS) is 18.1. The summed E-state index contributed by atoms with van der Waals surface area (Å²) in [5.41, 5.74) is 6.18. The van der Waals surface area contributed by atoms with Crippen LogP contribution in [0.15, 0.2) is 73.2 Å². The molecule has 0 radical (unpaired) electrons. The van der Waals surface area contributed by atoms with Gasteiger partial charge in [-0.05, 0) is 74.0 Å². The van der Waals surface area contributed by atoms with E-state index in [0.717, 1.165) is 223 Å². The Morgan fingerprint density at radius 2 is 1.03 bits per heavy atom. The number of pyridine rings is 2. The summed E-state index contributed by atoms with van der Waals surface area (Å²) >= 11 is 13.1. The molecule has 0 aliphatic carbocycles. The molecule has 4 aliphatic heterocycles. The summed E-state index contributed by atoms with van der Waals surface area (Å²) in [6.45, 7) is 25.6. The Morgan fingerprint density at radius 3 is 1.68 bits per heavy atom. The smallest absolute Gasteiger partial charge is 0.227 e. The summed E-state index contributed by atoms with van der Waals surface area (Å²) in [7, 11) is 0. The number of halogens is 2. The monoisotopic (exact) mass is 973 g/mol. The van der Waals surface area contributed by atoms with Crippen molar-refractivity contribution >= 4 is 79.9 Å². The lowest BCUT2D eigenvalue weighted by Gasteiger charge is -2.37. The van der Waals surface area contributed by atoms with Crippen molar-refractivity contribution in [2.45, 2.75) is 20.3 Å². The van der Waals surface area contributed by atoms with E-state index in [0.29, 0.717) is 5.02 Å².